The predicted octanol–water partition coefficient (Wildman–Crippen LogP) is 4.27. The lowest BCUT2D eigenvalue weighted by atomic mass is 10.1. The van der Waals surface area contributed by atoms with Crippen LogP contribution in [0, 0.1) is 23.2 Å². The van der Waals surface area contributed by atoms with Crippen LogP contribution in [0.5, 0.6) is 0 Å². The van der Waals surface area contributed by atoms with Gasteiger partial charge < -0.3 is 4.98 Å². The number of aryl methyl sites for hydroxylation is 1. The topological polar surface area (TPSA) is 28.7 Å². The molecule has 1 fully saturated rings. The van der Waals surface area contributed by atoms with Crippen molar-refractivity contribution < 1.29 is 8.78 Å². The maximum absolute atomic E-state index is 14.1. The first-order valence-corrected chi connectivity index (χ1v) is 6.53. The van der Waals surface area contributed by atoms with Crippen molar-refractivity contribution in [1.82, 2.24) is 9.97 Å². The number of nitrogens with one attached hydrogen (secondary N) is 1. The summed E-state index contributed by atoms with van der Waals surface area (Å²) in [5, 5.41) is 0. The number of aromatic amines is 1. The fraction of sp³-hybridized carbons (Fsp3) is 0.286. The van der Waals surface area contributed by atoms with Gasteiger partial charge in [-0.1, -0.05) is 18.3 Å². The summed E-state index contributed by atoms with van der Waals surface area (Å²) >= 11 is 5.08. The van der Waals surface area contributed by atoms with Crippen molar-refractivity contribution in [3.8, 4) is 11.3 Å². The molecule has 1 aromatic carbocycles. The van der Waals surface area contributed by atoms with Gasteiger partial charge in [-0.2, -0.15) is 0 Å². The second-order valence-electron chi connectivity index (χ2n) is 4.85. The predicted molar refractivity (Wildman–Crippen MR) is 71.5 cm³/mol. The summed E-state index contributed by atoms with van der Waals surface area (Å²) in [6, 6.07) is 4.19. The number of benzene rings is 1. The lowest BCUT2D eigenvalue weighted by molar-refractivity contribution is 0.582. The molecule has 0 aliphatic heterocycles. The Labute approximate surface area is 114 Å². The lowest BCUT2D eigenvalue weighted by Gasteiger charge is -2.09. The molecule has 0 bridgehead atoms. The zero-order valence-electron chi connectivity index (χ0n) is 10.3. The van der Waals surface area contributed by atoms with Gasteiger partial charge in [-0.15, -0.1) is 0 Å². The lowest BCUT2D eigenvalue weighted by Crippen LogP contribution is -2.00. The summed E-state index contributed by atoms with van der Waals surface area (Å²) in [4.78, 5) is 7.23. The van der Waals surface area contributed by atoms with Gasteiger partial charge in [0, 0.05) is 5.92 Å². The molecule has 2 aromatic rings. The first-order chi connectivity index (χ1) is 9.06. The van der Waals surface area contributed by atoms with Crippen molar-refractivity contribution in [3.63, 3.8) is 0 Å². The fourth-order valence-corrected chi connectivity index (χ4v) is 2.28. The van der Waals surface area contributed by atoms with Gasteiger partial charge >= 0.3 is 0 Å². The van der Waals surface area contributed by atoms with Crippen molar-refractivity contribution in [2.24, 2.45) is 0 Å². The van der Waals surface area contributed by atoms with E-state index in [0.29, 0.717) is 21.8 Å². The monoisotopic (exact) mass is 278 g/mol. The largest absolute Gasteiger partial charge is 0.343 e. The van der Waals surface area contributed by atoms with Gasteiger partial charge in [-0.3, -0.25) is 0 Å². The molecule has 0 unspecified atom stereocenters. The molecule has 0 spiro atoms. The Morgan fingerprint density at radius 1 is 1.32 bits per heavy atom. The maximum Gasteiger partial charge on any atom is 0.138 e. The molecule has 1 aromatic heterocycles. The molecule has 1 heterocycles. The Balaban J connectivity index is 2.22. The van der Waals surface area contributed by atoms with E-state index in [-0.39, 0.29) is 5.56 Å². The summed E-state index contributed by atoms with van der Waals surface area (Å²) in [6.07, 6.45) is 2.08. The third-order valence-electron chi connectivity index (χ3n) is 3.28. The second-order valence-corrected chi connectivity index (χ2v) is 5.26. The van der Waals surface area contributed by atoms with E-state index in [2.05, 4.69) is 9.97 Å². The van der Waals surface area contributed by atoms with E-state index < -0.39 is 11.6 Å². The van der Waals surface area contributed by atoms with Crippen molar-refractivity contribution >= 4 is 12.2 Å². The highest BCUT2D eigenvalue weighted by Crippen LogP contribution is 2.39. The molecule has 1 N–H and O–H groups in total. The van der Waals surface area contributed by atoms with Gasteiger partial charge in [0.2, 0.25) is 0 Å². The van der Waals surface area contributed by atoms with Gasteiger partial charge in [-0.05, 0) is 37.5 Å². The number of halogens is 2. The number of hydrogen-bond donors (Lipinski definition) is 1. The minimum Gasteiger partial charge on any atom is -0.343 e. The number of aromatic nitrogens is 2. The summed E-state index contributed by atoms with van der Waals surface area (Å²) in [5.41, 5.74) is 0.705. The van der Waals surface area contributed by atoms with Crippen LogP contribution in [0.4, 0.5) is 8.78 Å². The van der Waals surface area contributed by atoms with E-state index in [1.54, 1.807) is 6.92 Å². The first kappa shape index (κ1) is 12.4. The Morgan fingerprint density at radius 2 is 2.05 bits per heavy atom. The smallest absolute Gasteiger partial charge is 0.138 e. The van der Waals surface area contributed by atoms with E-state index in [1.165, 1.54) is 18.2 Å². The highest BCUT2D eigenvalue weighted by molar-refractivity contribution is 7.71. The molecule has 1 saturated carbocycles. The normalized spacial score (nSPS) is 14.7. The zero-order chi connectivity index (χ0) is 13.6. The van der Waals surface area contributed by atoms with E-state index in [1.807, 2.05) is 0 Å². The van der Waals surface area contributed by atoms with E-state index in [4.69, 9.17) is 12.2 Å². The molecule has 0 radical (unpaired) electrons. The van der Waals surface area contributed by atoms with Crippen molar-refractivity contribution in [1.29, 1.82) is 0 Å². The summed E-state index contributed by atoms with van der Waals surface area (Å²) in [7, 11) is 0. The van der Waals surface area contributed by atoms with Gasteiger partial charge in [0.05, 0.1) is 11.3 Å². The number of rotatable bonds is 2. The van der Waals surface area contributed by atoms with Gasteiger partial charge in [0.1, 0.15) is 22.1 Å². The molecule has 0 saturated heterocycles. The van der Waals surface area contributed by atoms with Crippen molar-refractivity contribution in [3.05, 3.63) is 45.9 Å². The maximum atomic E-state index is 14.1. The highest BCUT2D eigenvalue weighted by atomic mass is 32.1. The number of nitrogens with zero attached hydrogens (tertiary/aromatic N) is 1. The van der Waals surface area contributed by atoms with Crippen LogP contribution in [-0.4, -0.2) is 9.97 Å². The van der Waals surface area contributed by atoms with E-state index in [0.717, 1.165) is 18.7 Å². The number of H-pyrrole nitrogens is 1. The Morgan fingerprint density at radius 3 is 2.74 bits per heavy atom. The summed E-state index contributed by atoms with van der Waals surface area (Å²) in [5.74, 6) is -0.0827. The standard InChI is InChI=1S/C14H12F2N2S/c1-7-2-5-9(15)12(13(7)16)10-6-11(19)18-14(17-10)8-3-4-8/h2,5-6,8H,3-4H2,1H3,(H,17,18,19). The Kier molecular flexibility index (Phi) is 2.93. The molecular formula is C14H12F2N2S. The highest BCUT2D eigenvalue weighted by Gasteiger charge is 2.26. The zero-order valence-corrected chi connectivity index (χ0v) is 11.2. The van der Waals surface area contributed by atoms with E-state index >= 15 is 0 Å². The molecular weight excluding hydrogens is 266 g/mol. The van der Waals surface area contributed by atoms with Crippen LogP contribution >= 0.6 is 12.2 Å². The third-order valence-corrected chi connectivity index (χ3v) is 3.49. The number of hydrogen-bond acceptors (Lipinski definition) is 2. The van der Waals surface area contributed by atoms with E-state index in [9.17, 15) is 8.78 Å². The molecule has 1 aliphatic rings. The van der Waals surface area contributed by atoms with Crippen LogP contribution in [0.2, 0.25) is 0 Å². The first-order valence-electron chi connectivity index (χ1n) is 6.12. The molecule has 98 valence electrons. The minimum atomic E-state index is -0.596. The SMILES string of the molecule is Cc1ccc(F)c(-c2cc(=S)nc(C3CC3)[nH]2)c1F. The average molecular weight is 278 g/mol. The average Bonchev–Trinajstić information content (AvgIpc) is 3.18. The van der Waals surface area contributed by atoms with Crippen molar-refractivity contribution in [2.45, 2.75) is 25.7 Å². The quantitative estimate of drug-likeness (QED) is 0.831. The van der Waals surface area contributed by atoms with Crippen LogP contribution < -0.4 is 0 Å². The summed E-state index contributed by atoms with van der Waals surface area (Å²) < 4.78 is 28.4. The minimum absolute atomic E-state index is 0.0598. The Hall–Kier alpha value is -1.62. The van der Waals surface area contributed by atoms with Gasteiger partial charge in [-0.25, -0.2) is 13.8 Å². The van der Waals surface area contributed by atoms with Gasteiger partial charge in [0.15, 0.2) is 0 Å². The van der Waals surface area contributed by atoms with Crippen LogP contribution in [0.25, 0.3) is 11.3 Å². The molecule has 2 nitrogen and oxygen atoms in total. The molecule has 0 atom stereocenters. The van der Waals surface area contributed by atoms with Crippen molar-refractivity contribution in [2.75, 3.05) is 0 Å². The van der Waals surface area contributed by atoms with Crippen LogP contribution in [0.15, 0.2) is 18.2 Å². The van der Waals surface area contributed by atoms with Crippen LogP contribution in [-0.2, 0) is 0 Å². The third kappa shape index (κ3) is 2.30. The second kappa shape index (κ2) is 4.49. The Bertz CT molecular complexity index is 705. The molecule has 3 rings (SSSR count). The molecule has 0 amide bonds. The molecule has 5 heteroatoms. The molecule has 19 heavy (non-hydrogen) atoms. The molecule has 1 aliphatic carbocycles. The fourth-order valence-electron chi connectivity index (χ4n) is 2.06. The summed E-state index contributed by atoms with van der Waals surface area (Å²) in [6.45, 7) is 1.61. The van der Waals surface area contributed by atoms with Crippen LogP contribution in [0.3, 0.4) is 0 Å². The van der Waals surface area contributed by atoms with Crippen LogP contribution in [0.1, 0.15) is 30.1 Å². The van der Waals surface area contributed by atoms with Gasteiger partial charge in [0.25, 0.3) is 0 Å².